The van der Waals surface area contributed by atoms with Crippen LogP contribution in [-0.4, -0.2) is 25.0 Å². The predicted molar refractivity (Wildman–Crippen MR) is 76.3 cm³/mol. The van der Waals surface area contributed by atoms with E-state index in [-0.39, 0.29) is 6.54 Å². The molecule has 104 valence electrons. The summed E-state index contributed by atoms with van der Waals surface area (Å²) >= 11 is 5.74. The second-order valence-corrected chi connectivity index (χ2v) is 4.95. The van der Waals surface area contributed by atoms with Crippen molar-refractivity contribution >= 4 is 29.2 Å². The highest BCUT2D eigenvalue weighted by atomic mass is 35.5. The minimum absolute atomic E-state index is 0.0245. The number of carbonyl (C=O) groups excluding carboxylic acids is 2. The van der Waals surface area contributed by atoms with Crippen molar-refractivity contribution in [1.29, 1.82) is 0 Å². The molecule has 6 heteroatoms. The van der Waals surface area contributed by atoms with Gasteiger partial charge in [0.2, 0.25) is 5.91 Å². The fraction of sp³-hybridized carbons (Fsp3) is 0.385. The van der Waals surface area contributed by atoms with Crippen molar-refractivity contribution in [3.05, 3.63) is 29.3 Å². The topological polar surface area (TPSA) is 70.2 Å². The molecule has 0 aliphatic carbocycles. The average Bonchev–Trinajstić information content (AvgIpc) is 2.36. The number of hydrogen-bond acceptors (Lipinski definition) is 3. The third kappa shape index (κ3) is 6.67. The van der Waals surface area contributed by atoms with Crippen molar-refractivity contribution in [3.8, 4) is 0 Å². The minimum Gasteiger partial charge on any atom is -0.376 e. The number of hydrogen-bond donors (Lipinski definition) is 3. The van der Waals surface area contributed by atoms with Gasteiger partial charge in [0.25, 0.3) is 0 Å². The smallest absolute Gasteiger partial charge is 0.321 e. The fourth-order valence-electron chi connectivity index (χ4n) is 1.26. The Morgan fingerprint density at radius 1 is 1.21 bits per heavy atom. The van der Waals surface area contributed by atoms with E-state index >= 15 is 0 Å². The van der Waals surface area contributed by atoms with Crippen LogP contribution in [0.2, 0.25) is 5.02 Å². The Morgan fingerprint density at radius 3 is 2.42 bits per heavy atom. The minimum atomic E-state index is -0.475. The average molecular weight is 284 g/mol. The number of halogens is 1. The van der Waals surface area contributed by atoms with Crippen LogP contribution in [0.5, 0.6) is 0 Å². The lowest BCUT2D eigenvalue weighted by molar-refractivity contribution is -0.118. The normalized spacial score (nSPS) is 10.1. The molecule has 3 N–H and O–H groups in total. The number of rotatable bonds is 5. The van der Waals surface area contributed by atoms with E-state index in [4.69, 9.17) is 11.6 Å². The summed E-state index contributed by atoms with van der Waals surface area (Å²) in [5.74, 6) is -0.0516. The van der Waals surface area contributed by atoms with Crippen molar-refractivity contribution in [2.24, 2.45) is 5.92 Å². The summed E-state index contributed by atoms with van der Waals surface area (Å²) in [6, 6.07) is 6.48. The summed E-state index contributed by atoms with van der Waals surface area (Å²) in [4.78, 5) is 22.8. The second kappa shape index (κ2) is 7.63. The second-order valence-electron chi connectivity index (χ2n) is 4.51. The van der Waals surface area contributed by atoms with Crippen LogP contribution in [-0.2, 0) is 4.79 Å². The molecule has 0 heterocycles. The molecule has 3 amide bonds. The Labute approximate surface area is 117 Å². The molecule has 0 atom stereocenters. The lowest BCUT2D eigenvalue weighted by atomic mass is 10.2. The highest BCUT2D eigenvalue weighted by molar-refractivity contribution is 6.30. The predicted octanol–water partition coefficient (Wildman–Crippen LogP) is 2.23. The van der Waals surface area contributed by atoms with Gasteiger partial charge in [-0.15, -0.1) is 0 Å². The summed E-state index contributed by atoms with van der Waals surface area (Å²) in [7, 11) is 0. The Morgan fingerprint density at radius 2 is 1.84 bits per heavy atom. The molecule has 1 rings (SSSR count). The quantitative estimate of drug-likeness (QED) is 0.776. The number of anilines is 1. The number of urea groups is 1. The van der Waals surface area contributed by atoms with E-state index in [2.05, 4.69) is 16.0 Å². The van der Waals surface area contributed by atoms with Crippen LogP contribution >= 0.6 is 11.6 Å². The van der Waals surface area contributed by atoms with Gasteiger partial charge in [0.15, 0.2) is 0 Å². The molecule has 1 aromatic carbocycles. The maximum Gasteiger partial charge on any atom is 0.321 e. The molecule has 0 spiro atoms. The van der Waals surface area contributed by atoms with E-state index < -0.39 is 11.9 Å². The van der Waals surface area contributed by atoms with E-state index in [9.17, 15) is 9.59 Å². The highest BCUT2D eigenvalue weighted by Crippen LogP contribution is 2.12. The van der Waals surface area contributed by atoms with Crippen molar-refractivity contribution in [2.75, 3.05) is 18.4 Å². The van der Waals surface area contributed by atoms with Crippen molar-refractivity contribution < 1.29 is 9.59 Å². The van der Waals surface area contributed by atoms with Crippen LogP contribution in [0.4, 0.5) is 10.5 Å². The van der Waals surface area contributed by atoms with Crippen molar-refractivity contribution in [1.82, 2.24) is 10.6 Å². The third-order valence-electron chi connectivity index (χ3n) is 2.22. The summed E-state index contributed by atoms with van der Waals surface area (Å²) in [5.41, 5.74) is 0.766. The molecule has 5 nitrogen and oxygen atoms in total. The molecule has 0 saturated carbocycles. The Kier molecular flexibility index (Phi) is 6.15. The molecule has 0 fully saturated rings. The SMILES string of the molecule is CC(C)CNC(=O)NC(=O)CNc1ccc(Cl)cc1. The first-order valence-electron chi connectivity index (χ1n) is 6.04. The number of amides is 3. The molecule has 0 aliphatic heterocycles. The van der Waals surface area contributed by atoms with Gasteiger partial charge in [-0.1, -0.05) is 25.4 Å². The Bertz CT molecular complexity index is 432. The van der Waals surface area contributed by atoms with Crippen LogP contribution in [0.3, 0.4) is 0 Å². The maximum atomic E-state index is 11.5. The molecule has 0 saturated heterocycles. The molecule has 19 heavy (non-hydrogen) atoms. The van der Waals surface area contributed by atoms with Gasteiger partial charge in [-0.25, -0.2) is 4.79 Å². The van der Waals surface area contributed by atoms with Gasteiger partial charge < -0.3 is 10.6 Å². The molecular formula is C13H18ClN3O2. The summed E-state index contributed by atoms with van der Waals surface area (Å²) in [6.07, 6.45) is 0. The zero-order chi connectivity index (χ0) is 14.3. The van der Waals surface area contributed by atoms with E-state index in [1.165, 1.54) is 0 Å². The molecule has 0 unspecified atom stereocenters. The Hall–Kier alpha value is -1.75. The number of imide groups is 1. The van der Waals surface area contributed by atoms with E-state index in [1.807, 2.05) is 13.8 Å². The van der Waals surface area contributed by atoms with Gasteiger partial charge >= 0.3 is 6.03 Å². The van der Waals surface area contributed by atoms with Crippen LogP contribution in [0, 0.1) is 5.92 Å². The lowest BCUT2D eigenvalue weighted by Crippen LogP contribution is -2.43. The zero-order valence-electron chi connectivity index (χ0n) is 11.0. The van der Waals surface area contributed by atoms with Crippen molar-refractivity contribution in [3.63, 3.8) is 0 Å². The van der Waals surface area contributed by atoms with Crippen LogP contribution in [0.15, 0.2) is 24.3 Å². The Balaban J connectivity index is 2.27. The number of nitrogens with one attached hydrogen (secondary N) is 3. The molecule has 0 aliphatic rings. The maximum absolute atomic E-state index is 11.5. The zero-order valence-corrected chi connectivity index (χ0v) is 11.8. The molecule has 0 aromatic heterocycles. The number of benzene rings is 1. The molecule has 1 aromatic rings. The van der Waals surface area contributed by atoms with E-state index in [0.29, 0.717) is 17.5 Å². The van der Waals surface area contributed by atoms with Gasteiger partial charge in [0.1, 0.15) is 0 Å². The fourth-order valence-corrected chi connectivity index (χ4v) is 1.39. The van der Waals surface area contributed by atoms with Gasteiger partial charge in [0, 0.05) is 17.3 Å². The van der Waals surface area contributed by atoms with E-state index in [1.54, 1.807) is 24.3 Å². The highest BCUT2D eigenvalue weighted by Gasteiger charge is 2.07. The molecule has 0 bridgehead atoms. The largest absolute Gasteiger partial charge is 0.376 e. The van der Waals surface area contributed by atoms with Crippen LogP contribution in [0.25, 0.3) is 0 Å². The first-order valence-corrected chi connectivity index (χ1v) is 6.42. The van der Waals surface area contributed by atoms with Gasteiger partial charge in [-0.2, -0.15) is 0 Å². The summed E-state index contributed by atoms with van der Waals surface area (Å²) in [5, 5.41) is 8.36. The van der Waals surface area contributed by atoms with Gasteiger partial charge in [0.05, 0.1) is 6.54 Å². The van der Waals surface area contributed by atoms with E-state index in [0.717, 1.165) is 5.69 Å². The first kappa shape index (κ1) is 15.3. The van der Waals surface area contributed by atoms with Crippen LogP contribution < -0.4 is 16.0 Å². The summed E-state index contributed by atoms with van der Waals surface area (Å²) in [6.45, 7) is 4.51. The molecule has 0 radical (unpaired) electrons. The van der Waals surface area contributed by atoms with Crippen molar-refractivity contribution in [2.45, 2.75) is 13.8 Å². The van der Waals surface area contributed by atoms with Crippen LogP contribution in [0.1, 0.15) is 13.8 Å². The lowest BCUT2D eigenvalue weighted by Gasteiger charge is -2.09. The van der Waals surface area contributed by atoms with Gasteiger partial charge in [-0.3, -0.25) is 10.1 Å². The summed E-state index contributed by atoms with van der Waals surface area (Å²) < 4.78 is 0. The first-order chi connectivity index (χ1) is 8.97. The monoisotopic (exact) mass is 283 g/mol. The molecular weight excluding hydrogens is 266 g/mol. The standard InChI is InChI=1S/C13H18ClN3O2/c1-9(2)7-16-13(19)17-12(18)8-15-11-5-3-10(14)4-6-11/h3-6,9,15H,7-8H2,1-2H3,(H2,16,17,18,19). The van der Waals surface area contributed by atoms with Gasteiger partial charge in [-0.05, 0) is 30.2 Å². The third-order valence-corrected chi connectivity index (χ3v) is 2.47. The number of carbonyl (C=O) groups is 2.